The Morgan fingerprint density at radius 3 is 2.78 bits per heavy atom. The molecule has 2 fully saturated rings. The standard InChI is InChI=1S/C26H29N5O5/c1-35-23-10-18(5-6-21(23)19-12-29-30-13-19)26(34)31-15-20(32)11-22(31)16-3-2-4-17(9-16)25(33)28-14-24-27-7-8-36-24/h2-10,19-20,22,29-30,32H,11-15H2,1H3,(H,28,33)/t20?,22-/m1/s1. The first-order chi connectivity index (χ1) is 17.5. The molecule has 2 saturated heterocycles. The molecule has 3 heterocycles. The van der Waals surface area contributed by atoms with Crippen LogP contribution < -0.4 is 20.9 Å². The molecule has 0 spiro atoms. The number of rotatable bonds is 7. The molecule has 5 rings (SSSR count). The van der Waals surface area contributed by atoms with E-state index in [0.717, 1.165) is 24.2 Å². The van der Waals surface area contributed by atoms with Crippen molar-refractivity contribution in [1.29, 1.82) is 0 Å². The summed E-state index contributed by atoms with van der Waals surface area (Å²) in [4.78, 5) is 31.9. The molecular formula is C26H29N5O5. The molecule has 3 aromatic rings. The van der Waals surface area contributed by atoms with E-state index >= 15 is 0 Å². The highest BCUT2D eigenvalue weighted by Crippen LogP contribution is 2.35. The number of carbonyl (C=O) groups excluding carboxylic acids is 2. The van der Waals surface area contributed by atoms with Crippen molar-refractivity contribution >= 4 is 11.8 Å². The Morgan fingerprint density at radius 2 is 2.03 bits per heavy atom. The number of nitrogens with one attached hydrogen (secondary N) is 3. The predicted octanol–water partition coefficient (Wildman–Crippen LogP) is 1.75. The van der Waals surface area contributed by atoms with Crippen LogP contribution in [0.3, 0.4) is 0 Å². The van der Waals surface area contributed by atoms with Crippen LogP contribution in [-0.4, -0.2) is 59.7 Å². The van der Waals surface area contributed by atoms with Crippen LogP contribution in [0.15, 0.2) is 59.3 Å². The number of aromatic nitrogens is 1. The lowest BCUT2D eigenvalue weighted by Gasteiger charge is -2.26. The van der Waals surface area contributed by atoms with Gasteiger partial charge in [-0.3, -0.25) is 20.4 Å². The van der Waals surface area contributed by atoms with E-state index in [-0.39, 0.29) is 36.9 Å². The number of nitrogens with zero attached hydrogens (tertiary/aromatic N) is 2. The lowest BCUT2D eigenvalue weighted by Crippen LogP contribution is -2.32. The molecule has 4 N–H and O–H groups in total. The highest BCUT2D eigenvalue weighted by Gasteiger charge is 2.36. The van der Waals surface area contributed by atoms with Gasteiger partial charge in [0.2, 0.25) is 5.89 Å². The van der Waals surface area contributed by atoms with E-state index in [9.17, 15) is 14.7 Å². The Morgan fingerprint density at radius 1 is 1.19 bits per heavy atom. The second kappa shape index (κ2) is 10.5. The van der Waals surface area contributed by atoms with E-state index in [1.54, 1.807) is 36.3 Å². The van der Waals surface area contributed by atoms with Crippen LogP contribution in [0, 0.1) is 0 Å². The lowest BCUT2D eigenvalue weighted by atomic mass is 9.97. The third-order valence-corrected chi connectivity index (χ3v) is 6.70. The third-order valence-electron chi connectivity index (χ3n) is 6.70. The molecule has 1 aromatic heterocycles. The van der Waals surface area contributed by atoms with Gasteiger partial charge in [0, 0.05) is 36.7 Å². The van der Waals surface area contributed by atoms with Gasteiger partial charge in [-0.15, -0.1) is 0 Å². The minimum absolute atomic E-state index is 0.174. The molecular weight excluding hydrogens is 462 g/mol. The van der Waals surface area contributed by atoms with Crippen molar-refractivity contribution in [2.75, 3.05) is 26.7 Å². The number of oxazole rings is 1. The molecule has 2 atom stereocenters. The van der Waals surface area contributed by atoms with Gasteiger partial charge in [0.1, 0.15) is 12.0 Å². The summed E-state index contributed by atoms with van der Waals surface area (Å²) in [5.74, 6) is 0.864. The number of hydrazine groups is 1. The normalized spacial score (nSPS) is 20.0. The fraction of sp³-hybridized carbons (Fsp3) is 0.346. The number of β-amino-alcohol motifs (C(OH)–C–C–N with tert-alkyl or cyclic N) is 1. The molecule has 2 aromatic carbocycles. The highest BCUT2D eigenvalue weighted by atomic mass is 16.5. The maximum Gasteiger partial charge on any atom is 0.254 e. The van der Waals surface area contributed by atoms with Gasteiger partial charge >= 0.3 is 0 Å². The van der Waals surface area contributed by atoms with Crippen LogP contribution >= 0.6 is 0 Å². The molecule has 36 heavy (non-hydrogen) atoms. The van der Waals surface area contributed by atoms with Crippen molar-refractivity contribution in [3.63, 3.8) is 0 Å². The van der Waals surface area contributed by atoms with Crippen LogP contribution in [0.4, 0.5) is 0 Å². The largest absolute Gasteiger partial charge is 0.496 e. The summed E-state index contributed by atoms with van der Waals surface area (Å²) in [5, 5.41) is 13.2. The number of aliphatic hydroxyl groups excluding tert-OH is 1. The minimum atomic E-state index is -0.654. The minimum Gasteiger partial charge on any atom is -0.496 e. The summed E-state index contributed by atoms with van der Waals surface area (Å²) in [5.41, 5.74) is 9.00. The molecule has 0 bridgehead atoms. The van der Waals surface area contributed by atoms with Crippen molar-refractivity contribution in [2.24, 2.45) is 0 Å². The Balaban J connectivity index is 1.35. The Hall–Kier alpha value is -3.73. The average Bonchev–Trinajstić information content (AvgIpc) is 3.69. The van der Waals surface area contributed by atoms with Gasteiger partial charge in [-0.1, -0.05) is 18.2 Å². The van der Waals surface area contributed by atoms with E-state index < -0.39 is 6.10 Å². The van der Waals surface area contributed by atoms with Gasteiger partial charge in [0.15, 0.2) is 0 Å². The van der Waals surface area contributed by atoms with Crippen molar-refractivity contribution in [2.45, 2.75) is 31.0 Å². The number of hydrogen-bond acceptors (Lipinski definition) is 8. The van der Waals surface area contributed by atoms with Crippen molar-refractivity contribution in [3.05, 3.63) is 83.1 Å². The van der Waals surface area contributed by atoms with Crippen LogP contribution in [-0.2, 0) is 6.54 Å². The lowest BCUT2D eigenvalue weighted by molar-refractivity contribution is 0.0715. The first kappa shape index (κ1) is 24.0. The molecule has 188 valence electrons. The third kappa shape index (κ3) is 4.97. The van der Waals surface area contributed by atoms with Gasteiger partial charge in [-0.05, 0) is 41.8 Å². The summed E-state index contributed by atoms with van der Waals surface area (Å²) in [6, 6.07) is 12.3. The molecule has 2 aliphatic heterocycles. The number of methoxy groups -OCH3 is 1. The van der Waals surface area contributed by atoms with Crippen LogP contribution in [0.2, 0.25) is 0 Å². The monoisotopic (exact) mass is 491 g/mol. The first-order valence-electron chi connectivity index (χ1n) is 11.9. The van der Waals surface area contributed by atoms with Gasteiger partial charge in [-0.2, -0.15) is 0 Å². The zero-order valence-corrected chi connectivity index (χ0v) is 19.9. The predicted molar refractivity (Wildman–Crippen MR) is 130 cm³/mol. The van der Waals surface area contributed by atoms with Crippen LogP contribution in [0.1, 0.15) is 56.1 Å². The quantitative estimate of drug-likeness (QED) is 0.394. The summed E-state index contributed by atoms with van der Waals surface area (Å²) in [7, 11) is 1.60. The van der Waals surface area contributed by atoms with Gasteiger partial charge in [0.25, 0.3) is 11.8 Å². The van der Waals surface area contributed by atoms with E-state index in [4.69, 9.17) is 9.15 Å². The molecule has 2 amide bonds. The summed E-state index contributed by atoms with van der Waals surface area (Å²) in [6.07, 6.45) is 2.71. The average molecular weight is 492 g/mol. The van der Waals surface area contributed by atoms with Gasteiger partial charge in [0.05, 0.1) is 32.0 Å². The van der Waals surface area contributed by atoms with Crippen molar-refractivity contribution in [1.82, 2.24) is 26.1 Å². The number of aliphatic hydroxyl groups is 1. The fourth-order valence-electron chi connectivity index (χ4n) is 4.87. The van der Waals surface area contributed by atoms with E-state index in [1.807, 2.05) is 18.2 Å². The first-order valence-corrected chi connectivity index (χ1v) is 11.9. The summed E-state index contributed by atoms with van der Waals surface area (Å²) in [6.45, 7) is 1.95. The van der Waals surface area contributed by atoms with Crippen molar-refractivity contribution < 1.29 is 23.8 Å². The fourth-order valence-corrected chi connectivity index (χ4v) is 4.87. The van der Waals surface area contributed by atoms with E-state index in [1.165, 1.54) is 12.5 Å². The Bertz CT molecular complexity index is 1230. The van der Waals surface area contributed by atoms with Crippen LogP contribution in [0.5, 0.6) is 5.75 Å². The Labute approximate surface area is 208 Å². The molecule has 0 aliphatic carbocycles. The van der Waals surface area contributed by atoms with Crippen LogP contribution in [0.25, 0.3) is 0 Å². The second-order valence-corrected chi connectivity index (χ2v) is 9.01. The number of hydrogen-bond donors (Lipinski definition) is 4. The summed E-state index contributed by atoms with van der Waals surface area (Å²) >= 11 is 0. The number of amides is 2. The SMILES string of the molecule is COc1cc(C(=O)N2CC(O)C[C@@H]2c2cccc(C(=O)NCc3ncco3)c2)ccc1C1CNNC1. The number of likely N-dealkylation sites (tertiary alicyclic amines) is 1. The topological polar surface area (TPSA) is 129 Å². The molecule has 10 heteroatoms. The summed E-state index contributed by atoms with van der Waals surface area (Å²) < 4.78 is 10.8. The molecule has 0 radical (unpaired) electrons. The zero-order valence-electron chi connectivity index (χ0n) is 19.9. The van der Waals surface area contributed by atoms with Gasteiger partial charge < -0.3 is 24.5 Å². The number of benzene rings is 2. The molecule has 1 unspecified atom stereocenters. The van der Waals surface area contributed by atoms with E-state index in [2.05, 4.69) is 21.2 Å². The molecule has 2 aliphatic rings. The number of carbonyl (C=O) groups is 2. The second-order valence-electron chi connectivity index (χ2n) is 9.01. The Kier molecular flexibility index (Phi) is 6.99. The molecule has 0 saturated carbocycles. The zero-order chi connectivity index (χ0) is 25.1. The molecule has 10 nitrogen and oxygen atoms in total. The van der Waals surface area contributed by atoms with Gasteiger partial charge in [-0.25, -0.2) is 4.98 Å². The van der Waals surface area contributed by atoms with E-state index in [0.29, 0.717) is 29.2 Å². The smallest absolute Gasteiger partial charge is 0.254 e. The van der Waals surface area contributed by atoms with Crippen molar-refractivity contribution in [3.8, 4) is 5.75 Å². The maximum atomic E-state index is 13.6. The maximum absolute atomic E-state index is 13.6. The highest BCUT2D eigenvalue weighted by molar-refractivity contribution is 5.96. The number of ether oxygens (including phenoxy) is 1.